The van der Waals surface area contributed by atoms with Crippen LogP contribution in [0.2, 0.25) is 0 Å². The fourth-order valence-electron chi connectivity index (χ4n) is 2.70. The zero-order valence-corrected chi connectivity index (χ0v) is 13.2. The Morgan fingerprint density at radius 2 is 2.13 bits per heavy atom. The zero-order chi connectivity index (χ0) is 16.4. The highest BCUT2D eigenvalue weighted by Gasteiger charge is 2.30. The molecule has 1 aliphatic rings. The average molecular weight is 318 g/mol. The van der Waals surface area contributed by atoms with Crippen LogP contribution in [-0.4, -0.2) is 45.3 Å². The van der Waals surface area contributed by atoms with E-state index in [1.165, 1.54) is 6.07 Å². The van der Waals surface area contributed by atoms with Crippen molar-refractivity contribution in [3.63, 3.8) is 0 Å². The van der Waals surface area contributed by atoms with Gasteiger partial charge in [-0.1, -0.05) is 18.2 Å². The van der Waals surface area contributed by atoms with Gasteiger partial charge in [0.1, 0.15) is 11.9 Å². The van der Waals surface area contributed by atoms with E-state index in [-0.39, 0.29) is 17.5 Å². The highest BCUT2D eigenvalue weighted by Crippen LogP contribution is 2.29. The maximum Gasteiger partial charge on any atom is 0.293 e. The molecule has 3 rings (SSSR count). The maximum atomic E-state index is 14.1. The molecule has 1 aliphatic heterocycles. The number of halogens is 1. The van der Waals surface area contributed by atoms with Gasteiger partial charge >= 0.3 is 0 Å². The van der Waals surface area contributed by atoms with E-state index in [1.807, 2.05) is 13.8 Å². The van der Waals surface area contributed by atoms with Crippen LogP contribution in [0.4, 0.5) is 4.39 Å². The van der Waals surface area contributed by atoms with Crippen LogP contribution >= 0.6 is 0 Å². The SMILES string of the molecule is CCN(CC)C(=O)c1nc2n(n1)CCOC2c1ccccc1F. The molecule has 0 bridgehead atoms. The summed E-state index contributed by atoms with van der Waals surface area (Å²) < 4.78 is 21.4. The Kier molecular flexibility index (Phi) is 4.38. The minimum atomic E-state index is -0.643. The van der Waals surface area contributed by atoms with Gasteiger partial charge in [-0.15, -0.1) is 5.10 Å². The molecule has 122 valence electrons. The molecule has 1 unspecified atom stereocenters. The van der Waals surface area contributed by atoms with Crippen LogP contribution < -0.4 is 0 Å². The number of aromatic nitrogens is 3. The van der Waals surface area contributed by atoms with E-state index in [2.05, 4.69) is 10.1 Å². The molecular weight excluding hydrogens is 299 g/mol. The summed E-state index contributed by atoms with van der Waals surface area (Å²) in [5.41, 5.74) is 0.405. The smallest absolute Gasteiger partial charge is 0.293 e. The summed E-state index contributed by atoms with van der Waals surface area (Å²) in [7, 11) is 0. The van der Waals surface area contributed by atoms with Crippen LogP contribution in [0.5, 0.6) is 0 Å². The number of rotatable bonds is 4. The van der Waals surface area contributed by atoms with Gasteiger partial charge < -0.3 is 9.64 Å². The number of ether oxygens (including phenoxy) is 1. The summed E-state index contributed by atoms with van der Waals surface area (Å²) in [6.07, 6.45) is -0.643. The zero-order valence-electron chi connectivity index (χ0n) is 13.2. The Bertz CT molecular complexity index is 712. The molecule has 2 heterocycles. The lowest BCUT2D eigenvalue weighted by Crippen LogP contribution is -2.31. The van der Waals surface area contributed by atoms with Gasteiger partial charge in [-0.2, -0.15) is 0 Å². The molecule has 1 amide bonds. The molecule has 1 aromatic carbocycles. The number of amides is 1. The van der Waals surface area contributed by atoms with Crippen molar-refractivity contribution in [2.45, 2.75) is 26.5 Å². The summed E-state index contributed by atoms with van der Waals surface area (Å²) in [6, 6.07) is 6.42. The monoisotopic (exact) mass is 318 g/mol. The van der Waals surface area contributed by atoms with Crippen molar-refractivity contribution < 1.29 is 13.9 Å². The topological polar surface area (TPSA) is 60.2 Å². The highest BCUT2D eigenvalue weighted by atomic mass is 19.1. The Balaban J connectivity index is 1.97. The molecule has 23 heavy (non-hydrogen) atoms. The molecule has 1 atom stereocenters. The van der Waals surface area contributed by atoms with Crippen molar-refractivity contribution in [3.05, 3.63) is 47.3 Å². The molecule has 0 spiro atoms. The standard InChI is InChI=1S/C16H19FN4O2/c1-3-20(4-2)16(22)14-18-15-13(23-10-9-21(15)19-14)11-7-5-6-8-12(11)17/h5-8,13H,3-4,9-10H2,1-2H3. The summed E-state index contributed by atoms with van der Waals surface area (Å²) in [5, 5.41) is 4.28. The highest BCUT2D eigenvalue weighted by molar-refractivity contribution is 5.90. The number of carbonyl (C=O) groups is 1. The molecule has 0 N–H and O–H groups in total. The van der Waals surface area contributed by atoms with Crippen LogP contribution in [-0.2, 0) is 11.3 Å². The van der Waals surface area contributed by atoms with Gasteiger partial charge in [0, 0.05) is 18.7 Å². The molecule has 0 aliphatic carbocycles. The Morgan fingerprint density at radius 3 is 2.83 bits per heavy atom. The van der Waals surface area contributed by atoms with E-state index in [1.54, 1.807) is 27.8 Å². The van der Waals surface area contributed by atoms with Gasteiger partial charge in [-0.3, -0.25) is 4.79 Å². The van der Waals surface area contributed by atoms with Gasteiger partial charge in [-0.05, 0) is 19.9 Å². The van der Waals surface area contributed by atoms with E-state index < -0.39 is 6.10 Å². The number of fused-ring (bicyclic) bond motifs is 1. The Hall–Kier alpha value is -2.28. The lowest BCUT2D eigenvalue weighted by Gasteiger charge is -2.23. The molecule has 0 saturated carbocycles. The molecule has 0 saturated heterocycles. The third-order valence-electron chi connectivity index (χ3n) is 3.95. The summed E-state index contributed by atoms with van der Waals surface area (Å²) in [4.78, 5) is 18.4. The Labute approximate surface area is 133 Å². The number of hydrogen-bond acceptors (Lipinski definition) is 4. The molecular formula is C16H19FN4O2. The second-order valence-corrected chi connectivity index (χ2v) is 5.27. The first-order valence-electron chi connectivity index (χ1n) is 7.75. The third kappa shape index (κ3) is 2.84. The first kappa shape index (κ1) is 15.6. The predicted molar refractivity (Wildman–Crippen MR) is 81.5 cm³/mol. The van der Waals surface area contributed by atoms with Crippen molar-refractivity contribution in [1.82, 2.24) is 19.7 Å². The fourth-order valence-corrected chi connectivity index (χ4v) is 2.70. The molecule has 1 aromatic heterocycles. The van der Waals surface area contributed by atoms with Crippen molar-refractivity contribution in [3.8, 4) is 0 Å². The molecule has 0 radical (unpaired) electrons. The lowest BCUT2D eigenvalue weighted by atomic mass is 10.1. The number of benzene rings is 1. The van der Waals surface area contributed by atoms with Crippen molar-refractivity contribution in [2.24, 2.45) is 0 Å². The number of hydrogen-bond donors (Lipinski definition) is 0. The average Bonchev–Trinajstić information content (AvgIpc) is 3.00. The maximum absolute atomic E-state index is 14.1. The molecule has 6 nitrogen and oxygen atoms in total. The van der Waals surface area contributed by atoms with E-state index in [0.717, 1.165) is 0 Å². The van der Waals surface area contributed by atoms with Crippen molar-refractivity contribution in [2.75, 3.05) is 19.7 Å². The summed E-state index contributed by atoms with van der Waals surface area (Å²) in [6.45, 7) is 5.89. The largest absolute Gasteiger partial charge is 0.363 e. The van der Waals surface area contributed by atoms with Crippen LogP contribution in [0.15, 0.2) is 24.3 Å². The summed E-state index contributed by atoms with van der Waals surface area (Å²) in [5.74, 6) is 0.0298. The number of carbonyl (C=O) groups excluding carboxylic acids is 1. The van der Waals surface area contributed by atoms with E-state index >= 15 is 0 Å². The molecule has 0 fully saturated rings. The molecule has 7 heteroatoms. The van der Waals surface area contributed by atoms with Crippen LogP contribution in [0, 0.1) is 5.82 Å². The Morgan fingerprint density at radius 1 is 1.39 bits per heavy atom. The van der Waals surface area contributed by atoms with Crippen molar-refractivity contribution in [1.29, 1.82) is 0 Å². The minimum Gasteiger partial charge on any atom is -0.363 e. The molecule has 2 aromatic rings. The first-order chi connectivity index (χ1) is 11.2. The lowest BCUT2D eigenvalue weighted by molar-refractivity contribution is 0.0369. The predicted octanol–water partition coefficient (Wildman–Crippen LogP) is 2.02. The second kappa shape index (κ2) is 6.45. The third-order valence-corrected chi connectivity index (χ3v) is 3.95. The van der Waals surface area contributed by atoms with E-state index in [4.69, 9.17) is 4.74 Å². The number of nitrogens with zero attached hydrogens (tertiary/aromatic N) is 4. The van der Waals surface area contributed by atoms with Crippen molar-refractivity contribution >= 4 is 5.91 Å². The van der Waals surface area contributed by atoms with Crippen LogP contribution in [0.1, 0.15) is 42.0 Å². The van der Waals surface area contributed by atoms with Gasteiger partial charge in [-0.25, -0.2) is 14.1 Å². The quantitative estimate of drug-likeness (QED) is 0.865. The second-order valence-electron chi connectivity index (χ2n) is 5.27. The minimum absolute atomic E-state index is 0.135. The van der Waals surface area contributed by atoms with Crippen LogP contribution in [0.25, 0.3) is 0 Å². The summed E-state index contributed by atoms with van der Waals surface area (Å²) >= 11 is 0. The van der Waals surface area contributed by atoms with Gasteiger partial charge in [0.2, 0.25) is 5.82 Å². The first-order valence-corrected chi connectivity index (χ1v) is 7.75. The van der Waals surface area contributed by atoms with Gasteiger partial charge in [0.15, 0.2) is 5.82 Å². The van der Waals surface area contributed by atoms with E-state index in [0.29, 0.717) is 37.6 Å². The van der Waals surface area contributed by atoms with E-state index in [9.17, 15) is 9.18 Å². The van der Waals surface area contributed by atoms with Gasteiger partial charge in [0.25, 0.3) is 5.91 Å². The van der Waals surface area contributed by atoms with Gasteiger partial charge in [0.05, 0.1) is 13.2 Å². The van der Waals surface area contributed by atoms with Crippen LogP contribution in [0.3, 0.4) is 0 Å². The fraction of sp³-hybridized carbons (Fsp3) is 0.438. The normalized spacial score (nSPS) is 16.9.